The third kappa shape index (κ3) is 3.87. The van der Waals surface area contributed by atoms with Gasteiger partial charge < -0.3 is 4.74 Å². The van der Waals surface area contributed by atoms with Crippen molar-refractivity contribution in [3.05, 3.63) is 100 Å². The zero-order valence-electron chi connectivity index (χ0n) is 17.3. The largest absolute Gasteiger partial charge is 0.497 e. The van der Waals surface area contributed by atoms with Crippen LogP contribution in [-0.2, 0) is 0 Å². The standard InChI is InChI=1S/C25H19BrN4O2/c1-32-19-12-8-17(9-13-19)24-14-22(16-6-10-18(26)11-7-16)29-30(24)25(31)23-15-27-20-4-2-3-5-21(20)28-23/h2-13,15,24H,14H2,1H3. The molecule has 0 aliphatic carbocycles. The Kier molecular flexibility index (Phi) is 5.41. The highest BCUT2D eigenvalue weighted by Gasteiger charge is 2.34. The van der Waals surface area contributed by atoms with Crippen molar-refractivity contribution in [1.29, 1.82) is 0 Å². The molecule has 4 aromatic rings. The SMILES string of the molecule is COc1ccc(C2CC(c3ccc(Br)cc3)=NN2C(=O)c2cnc3ccccc3n2)cc1. The van der Waals surface area contributed by atoms with E-state index in [9.17, 15) is 4.79 Å². The first-order valence-corrected chi connectivity index (χ1v) is 10.9. The lowest BCUT2D eigenvalue weighted by atomic mass is 9.98. The van der Waals surface area contributed by atoms with Gasteiger partial charge in [0.15, 0.2) is 0 Å². The molecule has 1 aromatic heterocycles. The van der Waals surface area contributed by atoms with Gasteiger partial charge in [-0.15, -0.1) is 0 Å². The van der Waals surface area contributed by atoms with Gasteiger partial charge in [-0.05, 0) is 47.5 Å². The van der Waals surface area contributed by atoms with E-state index in [1.165, 1.54) is 11.2 Å². The number of aromatic nitrogens is 2. The van der Waals surface area contributed by atoms with Crippen LogP contribution in [0.2, 0.25) is 0 Å². The second kappa shape index (κ2) is 8.51. The summed E-state index contributed by atoms with van der Waals surface area (Å²) in [6.07, 6.45) is 2.11. The molecule has 2 heterocycles. The Morgan fingerprint density at radius 1 is 1.00 bits per heavy atom. The first-order chi connectivity index (χ1) is 15.6. The fourth-order valence-corrected chi connectivity index (χ4v) is 4.04. The maximum Gasteiger partial charge on any atom is 0.294 e. The highest BCUT2D eigenvalue weighted by atomic mass is 79.9. The van der Waals surface area contributed by atoms with Gasteiger partial charge in [0.25, 0.3) is 5.91 Å². The Labute approximate surface area is 193 Å². The van der Waals surface area contributed by atoms with E-state index in [1.807, 2.05) is 72.8 Å². The lowest BCUT2D eigenvalue weighted by molar-refractivity contribution is 0.0705. The number of hydrogen-bond donors (Lipinski definition) is 0. The van der Waals surface area contributed by atoms with Crippen molar-refractivity contribution in [3.8, 4) is 5.75 Å². The Morgan fingerprint density at radius 3 is 2.44 bits per heavy atom. The van der Waals surface area contributed by atoms with Crippen molar-refractivity contribution in [2.45, 2.75) is 12.5 Å². The second-order valence-corrected chi connectivity index (χ2v) is 8.36. The number of halogens is 1. The molecular weight excluding hydrogens is 468 g/mol. The Hall–Kier alpha value is -3.58. The van der Waals surface area contributed by atoms with Crippen molar-refractivity contribution in [2.24, 2.45) is 5.10 Å². The van der Waals surface area contributed by atoms with Crippen molar-refractivity contribution < 1.29 is 9.53 Å². The van der Waals surface area contributed by atoms with E-state index in [-0.39, 0.29) is 17.6 Å². The van der Waals surface area contributed by atoms with Crippen molar-refractivity contribution in [3.63, 3.8) is 0 Å². The van der Waals surface area contributed by atoms with Crippen LogP contribution in [0.4, 0.5) is 0 Å². The summed E-state index contributed by atoms with van der Waals surface area (Å²) in [5.41, 5.74) is 4.49. The van der Waals surface area contributed by atoms with E-state index in [0.717, 1.165) is 32.6 Å². The molecule has 1 aliphatic heterocycles. The van der Waals surface area contributed by atoms with Gasteiger partial charge >= 0.3 is 0 Å². The average molecular weight is 487 g/mol. The average Bonchev–Trinajstić information content (AvgIpc) is 3.29. The van der Waals surface area contributed by atoms with Gasteiger partial charge in [-0.2, -0.15) is 5.10 Å². The van der Waals surface area contributed by atoms with Gasteiger partial charge in [-0.1, -0.05) is 52.3 Å². The van der Waals surface area contributed by atoms with Gasteiger partial charge in [0.05, 0.1) is 36.1 Å². The number of benzene rings is 3. The fourth-order valence-electron chi connectivity index (χ4n) is 3.78. The van der Waals surface area contributed by atoms with Crippen LogP contribution in [0, 0.1) is 0 Å². The van der Waals surface area contributed by atoms with Gasteiger partial charge in [0.1, 0.15) is 11.4 Å². The van der Waals surface area contributed by atoms with Crippen LogP contribution < -0.4 is 4.74 Å². The third-order valence-electron chi connectivity index (χ3n) is 5.46. The summed E-state index contributed by atoms with van der Waals surface area (Å²) >= 11 is 3.47. The van der Waals surface area contributed by atoms with Gasteiger partial charge in [0.2, 0.25) is 0 Å². The number of carbonyl (C=O) groups excluding carboxylic acids is 1. The van der Waals surface area contributed by atoms with Crippen LogP contribution in [0.25, 0.3) is 11.0 Å². The molecule has 0 fully saturated rings. The summed E-state index contributed by atoms with van der Waals surface area (Å²) in [6.45, 7) is 0. The Balaban J connectivity index is 1.54. The van der Waals surface area contributed by atoms with E-state index < -0.39 is 0 Å². The molecule has 1 amide bonds. The summed E-state index contributed by atoms with van der Waals surface area (Å²) in [5.74, 6) is 0.482. The van der Waals surface area contributed by atoms with E-state index in [0.29, 0.717) is 11.9 Å². The number of hydrazone groups is 1. The summed E-state index contributed by atoms with van der Waals surface area (Å²) in [5, 5.41) is 6.26. The maximum absolute atomic E-state index is 13.5. The third-order valence-corrected chi connectivity index (χ3v) is 5.99. The van der Waals surface area contributed by atoms with Gasteiger partial charge in [-0.3, -0.25) is 9.78 Å². The second-order valence-electron chi connectivity index (χ2n) is 7.44. The molecule has 0 saturated carbocycles. The monoisotopic (exact) mass is 486 g/mol. The molecule has 1 atom stereocenters. The van der Waals surface area contributed by atoms with Crippen molar-refractivity contribution >= 4 is 38.6 Å². The van der Waals surface area contributed by atoms with E-state index in [4.69, 9.17) is 9.84 Å². The zero-order chi connectivity index (χ0) is 22.1. The fraction of sp³-hybridized carbons (Fsp3) is 0.120. The van der Waals surface area contributed by atoms with Crippen molar-refractivity contribution in [2.75, 3.05) is 7.11 Å². The van der Waals surface area contributed by atoms with Crippen LogP contribution in [0.5, 0.6) is 5.75 Å². The van der Waals surface area contributed by atoms with E-state index >= 15 is 0 Å². The normalized spacial score (nSPS) is 15.6. The minimum atomic E-state index is -0.281. The topological polar surface area (TPSA) is 67.7 Å². The molecule has 7 heteroatoms. The molecule has 158 valence electrons. The van der Waals surface area contributed by atoms with Crippen LogP contribution >= 0.6 is 15.9 Å². The van der Waals surface area contributed by atoms with E-state index in [1.54, 1.807) is 7.11 Å². The first kappa shape index (κ1) is 20.3. The number of ether oxygens (including phenoxy) is 1. The number of fused-ring (bicyclic) bond motifs is 1. The lowest BCUT2D eigenvalue weighted by Crippen LogP contribution is -2.28. The number of rotatable bonds is 4. The van der Waals surface area contributed by atoms with Crippen LogP contribution in [-0.4, -0.2) is 33.7 Å². The predicted octanol–water partition coefficient (Wildman–Crippen LogP) is 5.39. The molecule has 0 bridgehead atoms. The molecule has 32 heavy (non-hydrogen) atoms. The smallest absolute Gasteiger partial charge is 0.294 e. The number of methoxy groups -OCH3 is 1. The minimum Gasteiger partial charge on any atom is -0.497 e. The quantitative estimate of drug-likeness (QED) is 0.387. The van der Waals surface area contributed by atoms with Gasteiger partial charge in [-0.25, -0.2) is 9.99 Å². The molecule has 0 saturated heterocycles. The summed E-state index contributed by atoms with van der Waals surface area (Å²) in [6, 6.07) is 22.9. The summed E-state index contributed by atoms with van der Waals surface area (Å²) in [4.78, 5) is 22.4. The highest BCUT2D eigenvalue weighted by Crippen LogP contribution is 2.34. The van der Waals surface area contributed by atoms with Crippen LogP contribution in [0.15, 0.2) is 88.6 Å². The predicted molar refractivity (Wildman–Crippen MR) is 127 cm³/mol. The van der Waals surface area contributed by atoms with Crippen molar-refractivity contribution in [1.82, 2.24) is 15.0 Å². The number of para-hydroxylation sites is 2. The van der Waals surface area contributed by atoms with Crippen LogP contribution in [0.3, 0.4) is 0 Å². The Morgan fingerprint density at radius 2 is 1.72 bits per heavy atom. The van der Waals surface area contributed by atoms with E-state index in [2.05, 4.69) is 25.9 Å². The maximum atomic E-state index is 13.5. The zero-order valence-corrected chi connectivity index (χ0v) is 18.9. The Bertz CT molecular complexity index is 1320. The highest BCUT2D eigenvalue weighted by molar-refractivity contribution is 9.10. The number of nitrogens with zero attached hydrogens (tertiary/aromatic N) is 4. The lowest BCUT2D eigenvalue weighted by Gasteiger charge is -2.22. The minimum absolute atomic E-state index is 0.250. The molecule has 0 radical (unpaired) electrons. The summed E-state index contributed by atoms with van der Waals surface area (Å²) < 4.78 is 6.28. The number of amides is 1. The molecular formula is C25H19BrN4O2. The van der Waals surface area contributed by atoms with Crippen LogP contribution in [0.1, 0.15) is 34.1 Å². The number of carbonyl (C=O) groups is 1. The number of hydrogen-bond acceptors (Lipinski definition) is 5. The molecule has 3 aromatic carbocycles. The molecule has 5 rings (SSSR count). The first-order valence-electron chi connectivity index (χ1n) is 10.1. The molecule has 0 spiro atoms. The molecule has 6 nitrogen and oxygen atoms in total. The molecule has 1 aliphatic rings. The summed E-state index contributed by atoms with van der Waals surface area (Å²) in [7, 11) is 1.63. The van der Waals surface area contributed by atoms with Gasteiger partial charge in [0, 0.05) is 10.9 Å². The molecule has 0 N–H and O–H groups in total. The molecule has 1 unspecified atom stereocenters.